The Bertz CT molecular complexity index is 622. The van der Waals surface area contributed by atoms with Crippen molar-refractivity contribution in [3.8, 4) is 0 Å². The van der Waals surface area contributed by atoms with Crippen LogP contribution < -0.4 is 0 Å². The van der Waals surface area contributed by atoms with Crippen molar-refractivity contribution in [2.45, 2.75) is 18.9 Å². The highest BCUT2D eigenvalue weighted by molar-refractivity contribution is 9.10. The lowest BCUT2D eigenvalue weighted by Crippen LogP contribution is -2.37. The fourth-order valence-electron chi connectivity index (χ4n) is 2.57. The zero-order valence-electron chi connectivity index (χ0n) is 10.3. The van der Waals surface area contributed by atoms with E-state index in [0.29, 0.717) is 17.9 Å². The molecule has 0 spiro atoms. The first-order valence-electron chi connectivity index (χ1n) is 6.30. The van der Waals surface area contributed by atoms with Crippen LogP contribution in [0.4, 0.5) is 0 Å². The zero-order chi connectivity index (χ0) is 13.4. The Morgan fingerprint density at radius 1 is 1.53 bits per heavy atom. The van der Waals surface area contributed by atoms with Crippen LogP contribution in [0.1, 0.15) is 23.4 Å². The summed E-state index contributed by atoms with van der Waals surface area (Å²) in [5.74, 6) is 0.196. The molecule has 1 atom stereocenters. The van der Waals surface area contributed by atoms with E-state index >= 15 is 0 Å². The number of fused-ring (bicyclic) bond motifs is 1. The predicted molar refractivity (Wildman–Crippen MR) is 75.1 cm³/mol. The Labute approximate surface area is 119 Å². The minimum Gasteiger partial charge on any atom is -0.450 e. The number of amides is 1. The predicted octanol–water partition coefficient (Wildman–Crippen LogP) is 2.79. The maximum absolute atomic E-state index is 12.4. The van der Waals surface area contributed by atoms with Crippen molar-refractivity contribution in [1.29, 1.82) is 0 Å². The maximum atomic E-state index is 12.4. The van der Waals surface area contributed by atoms with E-state index < -0.39 is 0 Å². The lowest BCUT2D eigenvalue weighted by Gasteiger charge is -2.21. The molecule has 0 saturated carbocycles. The van der Waals surface area contributed by atoms with Crippen molar-refractivity contribution in [3.05, 3.63) is 34.5 Å². The largest absolute Gasteiger partial charge is 0.450 e. The van der Waals surface area contributed by atoms with Crippen LogP contribution in [0.3, 0.4) is 0 Å². The molecule has 1 aromatic heterocycles. The van der Waals surface area contributed by atoms with Crippen LogP contribution in [0.5, 0.6) is 0 Å². The van der Waals surface area contributed by atoms with Crippen molar-refractivity contribution < 1.29 is 14.3 Å². The van der Waals surface area contributed by atoms with Crippen LogP contribution in [-0.2, 0) is 0 Å². The van der Waals surface area contributed by atoms with Gasteiger partial charge < -0.3 is 14.4 Å². The number of carbonyl (C=O) groups is 1. The van der Waals surface area contributed by atoms with Crippen LogP contribution in [0.2, 0.25) is 0 Å². The summed E-state index contributed by atoms with van der Waals surface area (Å²) in [6.07, 6.45) is 1.78. The van der Waals surface area contributed by atoms with Crippen LogP contribution in [0, 0.1) is 0 Å². The Morgan fingerprint density at radius 3 is 3.11 bits per heavy atom. The highest BCUT2D eigenvalue weighted by Crippen LogP contribution is 2.29. The maximum Gasteiger partial charge on any atom is 0.289 e. The highest BCUT2D eigenvalue weighted by Gasteiger charge is 2.30. The first-order valence-corrected chi connectivity index (χ1v) is 7.10. The number of aliphatic hydroxyl groups excluding tert-OH is 1. The van der Waals surface area contributed by atoms with E-state index in [1.54, 1.807) is 11.0 Å². The number of hydrogen-bond acceptors (Lipinski definition) is 3. The Hall–Kier alpha value is -1.33. The number of likely N-dealkylation sites (tertiary alicyclic amines) is 1. The van der Waals surface area contributed by atoms with Gasteiger partial charge in [0.25, 0.3) is 5.91 Å². The Balaban J connectivity index is 1.95. The minimum atomic E-state index is -0.139. The van der Waals surface area contributed by atoms with Gasteiger partial charge in [0, 0.05) is 11.9 Å². The molecule has 100 valence electrons. The standard InChI is InChI=1S/C14H14BrNO3/c15-11-5-1-3-9-7-12(19-13(9)11)14(18)16-6-2-4-10(16)8-17/h1,3,5,7,10,17H,2,4,6,8H2/t10-/m1/s1. The molecule has 0 aliphatic carbocycles. The molecule has 5 heteroatoms. The van der Waals surface area contributed by atoms with Gasteiger partial charge in [0.2, 0.25) is 0 Å². The van der Waals surface area contributed by atoms with E-state index in [1.165, 1.54) is 0 Å². The van der Waals surface area contributed by atoms with Crippen molar-refractivity contribution in [2.24, 2.45) is 0 Å². The number of halogens is 1. The molecule has 1 fully saturated rings. The van der Waals surface area contributed by atoms with E-state index in [1.807, 2.05) is 18.2 Å². The van der Waals surface area contributed by atoms with E-state index in [-0.39, 0.29) is 18.6 Å². The molecular formula is C14H14BrNO3. The van der Waals surface area contributed by atoms with Gasteiger partial charge in [-0.25, -0.2) is 0 Å². The van der Waals surface area contributed by atoms with Gasteiger partial charge in [0.05, 0.1) is 17.1 Å². The number of rotatable bonds is 2. The smallest absolute Gasteiger partial charge is 0.289 e. The molecule has 4 nitrogen and oxygen atoms in total. The quantitative estimate of drug-likeness (QED) is 0.924. The molecule has 0 unspecified atom stereocenters. The van der Waals surface area contributed by atoms with Gasteiger partial charge in [-0.05, 0) is 40.9 Å². The van der Waals surface area contributed by atoms with Gasteiger partial charge in [0.1, 0.15) is 5.58 Å². The molecule has 1 amide bonds. The van der Waals surface area contributed by atoms with Crippen molar-refractivity contribution in [3.63, 3.8) is 0 Å². The van der Waals surface area contributed by atoms with Crippen molar-refractivity contribution >= 4 is 32.8 Å². The number of para-hydroxylation sites is 1. The average molecular weight is 324 g/mol. The molecule has 0 bridgehead atoms. The summed E-state index contributed by atoms with van der Waals surface area (Å²) >= 11 is 3.41. The van der Waals surface area contributed by atoms with E-state index in [4.69, 9.17) is 4.42 Å². The molecule has 1 aliphatic rings. The third-order valence-electron chi connectivity index (χ3n) is 3.56. The molecule has 1 aromatic carbocycles. The average Bonchev–Trinajstić information content (AvgIpc) is 3.04. The fourth-order valence-corrected chi connectivity index (χ4v) is 3.03. The Morgan fingerprint density at radius 2 is 2.37 bits per heavy atom. The van der Waals surface area contributed by atoms with Gasteiger partial charge in [-0.2, -0.15) is 0 Å². The molecule has 1 aliphatic heterocycles. The molecular weight excluding hydrogens is 310 g/mol. The molecule has 19 heavy (non-hydrogen) atoms. The van der Waals surface area contributed by atoms with E-state index in [0.717, 1.165) is 22.7 Å². The molecule has 3 rings (SSSR count). The number of nitrogens with zero attached hydrogens (tertiary/aromatic N) is 1. The molecule has 2 heterocycles. The van der Waals surface area contributed by atoms with Crippen LogP contribution in [-0.4, -0.2) is 35.1 Å². The minimum absolute atomic E-state index is 0.00959. The number of benzene rings is 1. The summed E-state index contributed by atoms with van der Waals surface area (Å²) in [4.78, 5) is 14.1. The monoisotopic (exact) mass is 323 g/mol. The molecule has 1 N–H and O–H groups in total. The first-order chi connectivity index (χ1) is 9.20. The van der Waals surface area contributed by atoms with Crippen LogP contribution in [0.25, 0.3) is 11.0 Å². The number of carbonyl (C=O) groups excluding carboxylic acids is 1. The van der Waals surface area contributed by atoms with Crippen molar-refractivity contribution in [2.75, 3.05) is 13.2 Å². The van der Waals surface area contributed by atoms with Gasteiger partial charge in [-0.1, -0.05) is 12.1 Å². The summed E-state index contributed by atoms with van der Waals surface area (Å²) in [6, 6.07) is 7.38. The summed E-state index contributed by atoms with van der Waals surface area (Å²) in [7, 11) is 0. The fraction of sp³-hybridized carbons (Fsp3) is 0.357. The summed E-state index contributed by atoms with van der Waals surface area (Å²) in [5.41, 5.74) is 0.686. The first kappa shape index (κ1) is 12.7. The molecule has 1 saturated heterocycles. The van der Waals surface area contributed by atoms with Crippen molar-refractivity contribution in [1.82, 2.24) is 4.90 Å². The Kier molecular flexibility index (Phi) is 3.33. The number of hydrogen-bond donors (Lipinski definition) is 1. The summed E-state index contributed by atoms with van der Waals surface area (Å²) in [5, 5.41) is 10.2. The second-order valence-electron chi connectivity index (χ2n) is 4.75. The summed E-state index contributed by atoms with van der Waals surface area (Å²) in [6.45, 7) is 0.692. The summed E-state index contributed by atoms with van der Waals surface area (Å²) < 4.78 is 6.48. The van der Waals surface area contributed by atoms with Crippen LogP contribution in [0.15, 0.2) is 33.2 Å². The molecule has 0 radical (unpaired) electrons. The normalized spacial score (nSPS) is 19.3. The SMILES string of the molecule is O=C(c1cc2cccc(Br)c2o1)N1CCC[C@@H]1CO. The topological polar surface area (TPSA) is 53.7 Å². The lowest BCUT2D eigenvalue weighted by molar-refractivity contribution is 0.0648. The number of aliphatic hydroxyl groups is 1. The van der Waals surface area contributed by atoms with Gasteiger partial charge in [-0.15, -0.1) is 0 Å². The zero-order valence-corrected chi connectivity index (χ0v) is 11.9. The highest BCUT2D eigenvalue weighted by atomic mass is 79.9. The van der Waals surface area contributed by atoms with E-state index in [9.17, 15) is 9.90 Å². The molecule has 2 aromatic rings. The van der Waals surface area contributed by atoms with Gasteiger partial charge >= 0.3 is 0 Å². The number of furan rings is 1. The van der Waals surface area contributed by atoms with Crippen LogP contribution >= 0.6 is 15.9 Å². The third kappa shape index (κ3) is 2.17. The van der Waals surface area contributed by atoms with Gasteiger partial charge in [0.15, 0.2) is 5.76 Å². The third-order valence-corrected chi connectivity index (χ3v) is 4.18. The second-order valence-corrected chi connectivity index (χ2v) is 5.60. The second kappa shape index (κ2) is 4.98. The lowest BCUT2D eigenvalue weighted by atomic mass is 10.2. The van der Waals surface area contributed by atoms with E-state index in [2.05, 4.69) is 15.9 Å². The van der Waals surface area contributed by atoms with Gasteiger partial charge in [-0.3, -0.25) is 4.79 Å².